The van der Waals surface area contributed by atoms with E-state index in [2.05, 4.69) is 29.2 Å². The smallest absolute Gasteiger partial charge is 0.257 e. The molecule has 0 bridgehead atoms. The summed E-state index contributed by atoms with van der Waals surface area (Å²) in [6, 6.07) is 13.7. The summed E-state index contributed by atoms with van der Waals surface area (Å²) in [5.74, 6) is 1.04. The van der Waals surface area contributed by atoms with E-state index in [1.807, 2.05) is 0 Å². The van der Waals surface area contributed by atoms with Crippen molar-refractivity contribution in [3.8, 4) is 11.5 Å². The zero-order chi connectivity index (χ0) is 24.4. The van der Waals surface area contributed by atoms with E-state index in [4.69, 9.17) is 9.47 Å². The van der Waals surface area contributed by atoms with Crippen LogP contribution in [0.5, 0.6) is 11.5 Å². The molecule has 0 aliphatic carbocycles. The SMILES string of the molecule is CC(=O)N1CCC(Oc2ccc3c(c2)OCCN(C[C@H](O)CN2CCc4ccccc4C2)C3=O)C1. The first-order valence-electron chi connectivity index (χ1n) is 12.4. The van der Waals surface area contributed by atoms with Gasteiger partial charge in [0.2, 0.25) is 5.91 Å². The maximum atomic E-state index is 13.2. The lowest BCUT2D eigenvalue weighted by molar-refractivity contribution is -0.128. The molecule has 0 spiro atoms. The maximum absolute atomic E-state index is 13.2. The second-order valence-corrected chi connectivity index (χ2v) is 9.66. The van der Waals surface area contributed by atoms with Gasteiger partial charge in [-0.1, -0.05) is 24.3 Å². The van der Waals surface area contributed by atoms with Gasteiger partial charge in [0.05, 0.1) is 24.8 Å². The zero-order valence-corrected chi connectivity index (χ0v) is 20.2. The van der Waals surface area contributed by atoms with E-state index < -0.39 is 6.10 Å². The summed E-state index contributed by atoms with van der Waals surface area (Å²) in [4.78, 5) is 30.5. The Morgan fingerprint density at radius 3 is 2.77 bits per heavy atom. The molecule has 1 fully saturated rings. The van der Waals surface area contributed by atoms with Crippen LogP contribution in [0.2, 0.25) is 0 Å². The predicted octanol–water partition coefficient (Wildman–Crippen LogP) is 1.94. The fourth-order valence-corrected chi connectivity index (χ4v) is 5.21. The number of likely N-dealkylation sites (tertiary alicyclic amines) is 1. The molecule has 5 rings (SSSR count). The second kappa shape index (κ2) is 10.3. The Morgan fingerprint density at radius 2 is 1.97 bits per heavy atom. The van der Waals surface area contributed by atoms with Crippen LogP contribution in [0.15, 0.2) is 42.5 Å². The number of nitrogens with zero attached hydrogens (tertiary/aromatic N) is 3. The Kier molecular flexibility index (Phi) is 6.92. The predicted molar refractivity (Wildman–Crippen MR) is 131 cm³/mol. The fourth-order valence-electron chi connectivity index (χ4n) is 5.21. The van der Waals surface area contributed by atoms with Crippen LogP contribution >= 0.6 is 0 Å². The van der Waals surface area contributed by atoms with E-state index in [1.165, 1.54) is 11.1 Å². The number of ether oxygens (including phenoxy) is 2. The lowest BCUT2D eigenvalue weighted by Gasteiger charge is -2.32. The van der Waals surface area contributed by atoms with Gasteiger partial charge in [0.1, 0.15) is 24.2 Å². The third kappa shape index (κ3) is 5.44. The molecule has 1 N–H and O–H groups in total. The summed E-state index contributed by atoms with van der Waals surface area (Å²) in [5, 5.41) is 10.8. The number of hydrogen-bond donors (Lipinski definition) is 1. The van der Waals surface area contributed by atoms with Crippen molar-refractivity contribution in [2.45, 2.75) is 38.5 Å². The number of aliphatic hydroxyl groups is 1. The molecular formula is C27H33N3O5. The van der Waals surface area contributed by atoms with Crippen LogP contribution in [0.4, 0.5) is 0 Å². The quantitative estimate of drug-likeness (QED) is 0.682. The van der Waals surface area contributed by atoms with Crippen LogP contribution in [0.25, 0.3) is 0 Å². The van der Waals surface area contributed by atoms with Gasteiger partial charge < -0.3 is 24.4 Å². The first-order chi connectivity index (χ1) is 17.0. The summed E-state index contributed by atoms with van der Waals surface area (Å²) in [6.07, 6.45) is 1.06. The lowest BCUT2D eigenvalue weighted by atomic mass is 10.00. The fraction of sp³-hybridized carbons (Fsp3) is 0.481. The highest BCUT2D eigenvalue weighted by Crippen LogP contribution is 2.30. The number of hydrogen-bond acceptors (Lipinski definition) is 6. The van der Waals surface area contributed by atoms with Crippen LogP contribution in [0.3, 0.4) is 0 Å². The average Bonchev–Trinajstić information content (AvgIpc) is 3.26. The van der Waals surface area contributed by atoms with E-state index in [0.29, 0.717) is 49.8 Å². The minimum Gasteiger partial charge on any atom is -0.491 e. The molecular weight excluding hydrogens is 446 g/mol. The largest absolute Gasteiger partial charge is 0.491 e. The molecule has 0 radical (unpaired) electrons. The minimum atomic E-state index is -0.639. The summed E-state index contributed by atoms with van der Waals surface area (Å²) < 4.78 is 11.9. The molecule has 2 amide bonds. The van der Waals surface area contributed by atoms with Gasteiger partial charge >= 0.3 is 0 Å². The van der Waals surface area contributed by atoms with Crippen molar-refractivity contribution in [1.82, 2.24) is 14.7 Å². The highest BCUT2D eigenvalue weighted by Gasteiger charge is 2.29. The van der Waals surface area contributed by atoms with Crippen LogP contribution in [-0.4, -0.2) is 89.7 Å². The topological polar surface area (TPSA) is 82.6 Å². The zero-order valence-electron chi connectivity index (χ0n) is 20.2. The van der Waals surface area contributed by atoms with Gasteiger partial charge in [-0.25, -0.2) is 0 Å². The minimum absolute atomic E-state index is 0.0549. The first kappa shape index (κ1) is 23.6. The molecule has 1 unspecified atom stereocenters. The number of fused-ring (bicyclic) bond motifs is 2. The van der Waals surface area contributed by atoms with E-state index in [0.717, 1.165) is 25.9 Å². The van der Waals surface area contributed by atoms with Crippen molar-refractivity contribution < 1.29 is 24.2 Å². The van der Waals surface area contributed by atoms with Crippen molar-refractivity contribution in [2.75, 3.05) is 45.9 Å². The van der Waals surface area contributed by atoms with Gasteiger partial charge in [-0.05, 0) is 29.7 Å². The number of benzene rings is 2. The van der Waals surface area contributed by atoms with Crippen LogP contribution in [0.1, 0.15) is 34.8 Å². The normalized spacial score (nSPS) is 21.1. The number of amides is 2. The average molecular weight is 480 g/mol. The van der Waals surface area contributed by atoms with Crippen molar-refractivity contribution in [3.05, 3.63) is 59.2 Å². The molecule has 186 valence electrons. The molecule has 3 heterocycles. The Hall–Kier alpha value is -3.10. The van der Waals surface area contributed by atoms with Gasteiger partial charge in [0.25, 0.3) is 5.91 Å². The summed E-state index contributed by atoms with van der Waals surface area (Å²) >= 11 is 0. The molecule has 8 heteroatoms. The van der Waals surface area contributed by atoms with Crippen LogP contribution in [0, 0.1) is 0 Å². The third-order valence-corrected chi connectivity index (χ3v) is 7.09. The highest BCUT2D eigenvalue weighted by molar-refractivity contribution is 5.97. The van der Waals surface area contributed by atoms with E-state index in [9.17, 15) is 14.7 Å². The molecule has 2 aromatic carbocycles. The first-order valence-corrected chi connectivity index (χ1v) is 12.4. The van der Waals surface area contributed by atoms with Gasteiger partial charge in [0, 0.05) is 52.1 Å². The number of aliphatic hydroxyl groups excluding tert-OH is 1. The third-order valence-electron chi connectivity index (χ3n) is 7.09. The van der Waals surface area contributed by atoms with Crippen molar-refractivity contribution >= 4 is 11.8 Å². The number of β-amino-alcohol motifs (C(OH)–C–C–N with tert-alkyl or cyclic N) is 1. The van der Waals surface area contributed by atoms with E-state index >= 15 is 0 Å². The molecule has 0 aromatic heterocycles. The Morgan fingerprint density at radius 1 is 1.14 bits per heavy atom. The standard InChI is InChI=1S/C27H33N3O5/c1-19(31)29-11-9-24(18-29)35-23-6-7-25-26(14-23)34-13-12-30(27(25)33)17-22(32)16-28-10-8-20-4-2-3-5-21(20)15-28/h2-7,14,22,24,32H,8-13,15-18H2,1H3/t22-,24?/m1/s1. The summed E-state index contributed by atoms with van der Waals surface area (Å²) in [7, 11) is 0. The summed E-state index contributed by atoms with van der Waals surface area (Å²) in [6.45, 7) is 6.12. The van der Waals surface area contributed by atoms with Crippen molar-refractivity contribution in [2.24, 2.45) is 0 Å². The Balaban J connectivity index is 1.18. The number of carbonyl (C=O) groups excluding carboxylic acids is 2. The van der Waals surface area contributed by atoms with Crippen molar-refractivity contribution in [3.63, 3.8) is 0 Å². The van der Waals surface area contributed by atoms with E-state index in [-0.39, 0.29) is 24.5 Å². The van der Waals surface area contributed by atoms with Crippen LogP contribution < -0.4 is 9.47 Å². The molecule has 2 aromatic rings. The molecule has 8 nitrogen and oxygen atoms in total. The highest BCUT2D eigenvalue weighted by atomic mass is 16.5. The molecule has 1 saturated heterocycles. The molecule has 2 atom stereocenters. The lowest BCUT2D eigenvalue weighted by Crippen LogP contribution is -2.44. The number of rotatable bonds is 6. The summed E-state index contributed by atoms with van der Waals surface area (Å²) in [5.41, 5.74) is 3.16. The monoisotopic (exact) mass is 479 g/mol. The van der Waals surface area contributed by atoms with Crippen molar-refractivity contribution in [1.29, 1.82) is 0 Å². The molecule has 35 heavy (non-hydrogen) atoms. The molecule has 0 saturated carbocycles. The number of carbonyl (C=O) groups is 2. The molecule has 3 aliphatic heterocycles. The van der Waals surface area contributed by atoms with E-state index in [1.54, 1.807) is 34.9 Å². The van der Waals surface area contributed by atoms with Gasteiger partial charge in [-0.15, -0.1) is 0 Å². The molecule has 3 aliphatic rings. The van der Waals surface area contributed by atoms with Gasteiger partial charge in [0.15, 0.2) is 0 Å². The van der Waals surface area contributed by atoms with Crippen LogP contribution in [-0.2, 0) is 17.8 Å². The Labute approximate surface area is 206 Å². The second-order valence-electron chi connectivity index (χ2n) is 9.66. The van der Waals surface area contributed by atoms with Gasteiger partial charge in [-0.2, -0.15) is 0 Å². The van der Waals surface area contributed by atoms with Gasteiger partial charge in [-0.3, -0.25) is 14.5 Å². The maximum Gasteiger partial charge on any atom is 0.257 e. The Bertz CT molecular complexity index is 1090.